The van der Waals surface area contributed by atoms with Crippen molar-refractivity contribution >= 4 is 54.6 Å². The highest BCUT2D eigenvalue weighted by atomic mass is 79.9. The summed E-state index contributed by atoms with van der Waals surface area (Å²) in [5.74, 6) is 0.807. The average Bonchev–Trinajstić information content (AvgIpc) is 2.91. The molecule has 5 aromatic rings. The van der Waals surface area contributed by atoms with Gasteiger partial charge in [-0.3, -0.25) is 0 Å². The first-order valence-corrected chi connectivity index (χ1v) is 13.8. The molecule has 186 valence electrons. The minimum absolute atomic E-state index is 0.0551. The van der Waals surface area contributed by atoms with Crippen molar-refractivity contribution in [1.82, 2.24) is 15.2 Å². The molecule has 10 heteroatoms. The van der Waals surface area contributed by atoms with Gasteiger partial charge >= 0.3 is 5.63 Å². The number of fused-ring (bicyclic) bond motifs is 1. The SMILES string of the molecule is O=c1ccc2ccc(OCC(O)CSc3nnc(-c4ccc(Br)cc4)c(-c4ccc(Br)cc4)n3)cc2o1. The second kappa shape index (κ2) is 11.6. The zero-order valence-corrected chi connectivity index (χ0v) is 23.2. The van der Waals surface area contributed by atoms with Crippen LogP contribution in [0.3, 0.4) is 0 Å². The van der Waals surface area contributed by atoms with Crippen molar-refractivity contribution in [3.63, 3.8) is 0 Å². The fraction of sp³-hybridized carbons (Fsp3) is 0.111. The van der Waals surface area contributed by atoms with Crippen molar-refractivity contribution in [2.24, 2.45) is 0 Å². The molecule has 3 aromatic carbocycles. The molecule has 0 radical (unpaired) electrons. The van der Waals surface area contributed by atoms with Crippen molar-refractivity contribution in [2.45, 2.75) is 11.3 Å². The number of halogens is 2. The number of nitrogens with zero attached hydrogens (tertiary/aromatic N) is 3. The van der Waals surface area contributed by atoms with Crippen LogP contribution in [0.15, 0.2) is 102 Å². The molecule has 0 bridgehead atoms. The standard InChI is InChI=1S/C27H19Br2N3O4S/c28-19-7-1-17(2-8-19)25-26(18-3-9-20(29)10-4-18)31-32-27(30-25)37-15-21(33)14-35-22-11-5-16-6-12-24(34)36-23(16)13-22/h1-13,21,33H,14-15H2. The Labute approximate surface area is 233 Å². The van der Waals surface area contributed by atoms with E-state index in [1.165, 1.54) is 17.8 Å². The van der Waals surface area contributed by atoms with Gasteiger partial charge in [-0.15, -0.1) is 10.2 Å². The predicted octanol–water partition coefficient (Wildman–Crippen LogP) is 6.37. The van der Waals surface area contributed by atoms with E-state index in [1.807, 2.05) is 48.5 Å². The Morgan fingerprint density at radius 2 is 1.51 bits per heavy atom. The van der Waals surface area contributed by atoms with Crippen LogP contribution in [0.1, 0.15) is 0 Å². The van der Waals surface area contributed by atoms with Crippen molar-refractivity contribution in [3.8, 4) is 28.3 Å². The molecule has 2 heterocycles. The van der Waals surface area contributed by atoms with E-state index in [0.717, 1.165) is 25.5 Å². The van der Waals surface area contributed by atoms with Crippen LogP contribution in [0.2, 0.25) is 0 Å². The molecule has 0 amide bonds. The third-order valence-corrected chi connectivity index (χ3v) is 7.38. The molecular formula is C27H19Br2N3O4S. The Hall–Kier alpha value is -3.05. The van der Waals surface area contributed by atoms with Crippen LogP contribution in [0.4, 0.5) is 0 Å². The van der Waals surface area contributed by atoms with E-state index in [2.05, 4.69) is 42.1 Å². The van der Waals surface area contributed by atoms with Crippen molar-refractivity contribution in [3.05, 3.63) is 98.2 Å². The third-order valence-electron chi connectivity index (χ3n) is 5.34. The van der Waals surface area contributed by atoms with Crippen LogP contribution in [-0.4, -0.2) is 38.8 Å². The number of ether oxygens (including phenoxy) is 1. The third kappa shape index (κ3) is 6.45. The van der Waals surface area contributed by atoms with E-state index >= 15 is 0 Å². The van der Waals surface area contributed by atoms with Crippen LogP contribution < -0.4 is 10.4 Å². The summed E-state index contributed by atoms with van der Waals surface area (Å²) in [6.07, 6.45) is -0.783. The maximum Gasteiger partial charge on any atom is 0.336 e. The molecule has 0 saturated heterocycles. The van der Waals surface area contributed by atoms with E-state index in [0.29, 0.717) is 33.6 Å². The molecule has 1 unspecified atom stereocenters. The monoisotopic (exact) mass is 639 g/mol. The Bertz CT molecular complexity index is 1590. The number of hydrogen-bond donors (Lipinski definition) is 1. The van der Waals surface area contributed by atoms with Gasteiger partial charge in [0.2, 0.25) is 5.16 Å². The fourth-order valence-electron chi connectivity index (χ4n) is 3.53. The number of thioether (sulfide) groups is 1. The van der Waals surface area contributed by atoms with Gasteiger partial charge < -0.3 is 14.3 Å². The van der Waals surface area contributed by atoms with Crippen LogP contribution in [-0.2, 0) is 0 Å². The quantitative estimate of drug-likeness (QED) is 0.154. The number of aliphatic hydroxyl groups is 1. The molecule has 1 N–H and O–H groups in total. The number of rotatable bonds is 8. The maximum absolute atomic E-state index is 11.5. The lowest BCUT2D eigenvalue weighted by molar-refractivity contribution is 0.126. The molecular weight excluding hydrogens is 622 g/mol. The van der Waals surface area contributed by atoms with Gasteiger partial charge in [-0.25, -0.2) is 9.78 Å². The zero-order chi connectivity index (χ0) is 25.8. The van der Waals surface area contributed by atoms with Crippen LogP contribution in [0, 0.1) is 0 Å². The molecule has 1 atom stereocenters. The number of benzene rings is 3. The van der Waals surface area contributed by atoms with E-state index in [4.69, 9.17) is 14.1 Å². The van der Waals surface area contributed by atoms with Crippen LogP contribution in [0.5, 0.6) is 5.75 Å². The van der Waals surface area contributed by atoms with Gasteiger partial charge in [-0.1, -0.05) is 67.9 Å². The Balaban J connectivity index is 1.29. The summed E-state index contributed by atoms with van der Waals surface area (Å²) in [5, 5.41) is 20.5. The molecule has 7 nitrogen and oxygen atoms in total. The molecule has 0 spiro atoms. The summed E-state index contributed by atoms with van der Waals surface area (Å²) in [6, 6.07) is 23.9. The maximum atomic E-state index is 11.5. The summed E-state index contributed by atoms with van der Waals surface area (Å²) < 4.78 is 12.8. The van der Waals surface area contributed by atoms with Gasteiger partial charge in [0.25, 0.3) is 0 Å². The Morgan fingerprint density at radius 3 is 2.22 bits per heavy atom. The van der Waals surface area contributed by atoms with Gasteiger partial charge in [0, 0.05) is 43.3 Å². The van der Waals surface area contributed by atoms with Crippen molar-refractivity contribution in [1.29, 1.82) is 0 Å². The van der Waals surface area contributed by atoms with Crippen LogP contribution in [0.25, 0.3) is 33.5 Å². The first-order chi connectivity index (χ1) is 17.9. The molecule has 0 fully saturated rings. The number of aromatic nitrogens is 3. The average molecular weight is 641 g/mol. The van der Waals surface area contributed by atoms with Gasteiger partial charge in [0.05, 0.1) is 6.10 Å². The van der Waals surface area contributed by atoms with Crippen LogP contribution >= 0.6 is 43.6 Å². The highest BCUT2D eigenvalue weighted by molar-refractivity contribution is 9.10. The molecule has 5 rings (SSSR count). The number of aliphatic hydroxyl groups excluding tert-OH is 1. The smallest absolute Gasteiger partial charge is 0.336 e. The summed E-state index contributed by atoms with van der Waals surface area (Å²) >= 11 is 8.23. The lowest BCUT2D eigenvalue weighted by atomic mass is 10.0. The number of hydrogen-bond acceptors (Lipinski definition) is 8. The van der Waals surface area contributed by atoms with Gasteiger partial charge in [-0.05, 0) is 42.5 Å². The minimum atomic E-state index is -0.783. The normalized spacial score (nSPS) is 12.0. The van der Waals surface area contributed by atoms with E-state index in [9.17, 15) is 9.90 Å². The molecule has 37 heavy (non-hydrogen) atoms. The van der Waals surface area contributed by atoms with E-state index in [-0.39, 0.29) is 6.61 Å². The zero-order valence-electron chi connectivity index (χ0n) is 19.2. The lowest BCUT2D eigenvalue weighted by Crippen LogP contribution is -2.20. The fourth-order valence-corrected chi connectivity index (χ4v) is 4.75. The summed E-state index contributed by atoms with van der Waals surface area (Å²) in [4.78, 5) is 16.2. The van der Waals surface area contributed by atoms with Crippen molar-refractivity contribution < 1.29 is 14.3 Å². The molecule has 0 aliphatic heterocycles. The van der Waals surface area contributed by atoms with Gasteiger partial charge in [0.15, 0.2) is 0 Å². The highest BCUT2D eigenvalue weighted by Crippen LogP contribution is 2.31. The first kappa shape index (κ1) is 25.6. The van der Waals surface area contributed by atoms with E-state index in [1.54, 1.807) is 24.3 Å². The largest absolute Gasteiger partial charge is 0.491 e. The summed E-state index contributed by atoms with van der Waals surface area (Å²) in [7, 11) is 0. The molecule has 2 aromatic heterocycles. The molecule has 0 saturated carbocycles. The van der Waals surface area contributed by atoms with Gasteiger partial charge in [-0.2, -0.15) is 0 Å². The Morgan fingerprint density at radius 1 is 0.865 bits per heavy atom. The first-order valence-electron chi connectivity index (χ1n) is 11.2. The summed E-state index contributed by atoms with van der Waals surface area (Å²) in [5.41, 5.74) is 3.19. The Kier molecular flexibility index (Phi) is 7.99. The van der Waals surface area contributed by atoms with E-state index < -0.39 is 11.7 Å². The second-order valence-corrected chi connectivity index (χ2v) is 10.9. The molecule has 0 aliphatic carbocycles. The predicted molar refractivity (Wildman–Crippen MR) is 151 cm³/mol. The topological polar surface area (TPSA) is 98.3 Å². The summed E-state index contributed by atoms with van der Waals surface area (Å²) in [6.45, 7) is 0.0551. The lowest BCUT2D eigenvalue weighted by Gasteiger charge is -2.13. The second-order valence-electron chi connectivity index (χ2n) is 8.04. The molecule has 0 aliphatic rings. The van der Waals surface area contributed by atoms with Gasteiger partial charge in [0.1, 0.15) is 29.3 Å². The minimum Gasteiger partial charge on any atom is -0.491 e. The van der Waals surface area contributed by atoms with Crippen molar-refractivity contribution in [2.75, 3.05) is 12.4 Å². The highest BCUT2D eigenvalue weighted by Gasteiger charge is 2.16.